The molecule has 0 aliphatic heterocycles. The van der Waals surface area contributed by atoms with E-state index in [4.69, 9.17) is 0 Å². The van der Waals surface area contributed by atoms with Gasteiger partial charge in [-0.05, 0) is 0 Å². The van der Waals surface area contributed by atoms with E-state index in [0.29, 0.717) is 0 Å². The third-order valence-electron chi connectivity index (χ3n) is 7.67. The molecule has 2 fully saturated rings. The van der Waals surface area contributed by atoms with Gasteiger partial charge in [0.2, 0.25) is 0 Å². The van der Waals surface area contributed by atoms with Crippen LogP contribution in [-0.2, 0) is 16.6 Å². The van der Waals surface area contributed by atoms with Gasteiger partial charge >= 0.3 is 168 Å². The van der Waals surface area contributed by atoms with E-state index >= 15 is 0 Å². The van der Waals surface area contributed by atoms with Crippen LogP contribution in [0, 0.1) is 23.7 Å². The molecular formula is C24H36Cl2SiTi. The Morgan fingerprint density at radius 2 is 1.57 bits per heavy atom. The standard InChI is InChI=1S/C13H17.C9H13.C2H6Si.2ClH.Ti/c1-3-7-12-10(5-1)9-11-6-2-4-8-13(11)12;1-3-8-5-6-9(4-2)7-8;1-3-2;;;/h1,3,5,7,9-13H,2,4,6,8H2;7H,3-5H2,1-2H3;1-2H3;2*1H;/q;;;;;+2/p-2. The Labute approximate surface area is 191 Å². The molecule has 0 N–H and O–H groups in total. The quantitative estimate of drug-likeness (QED) is 0.542. The van der Waals surface area contributed by atoms with Crippen molar-refractivity contribution >= 4 is 6.19 Å². The molecule has 0 aromatic heterocycles. The zero-order valence-electron chi connectivity index (χ0n) is 18.0. The first-order valence-electron chi connectivity index (χ1n) is 11.1. The van der Waals surface area contributed by atoms with Crippen molar-refractivity contribution in [1.82, 2.24) is 0 Å². The number of hydrogen-bond donors (Lipinski definition) is 0. The second-order valence-corrected chi connectivity index (χ2v) is 21.3. The summed E-state index contributed by atoms with van der Waals surface area (Å²) in [5.74, 6) is 3.83. The average Bonchev–Trinajstić information content (AvgIpc) is 3.22. The molecule has 4 heteroatoms. The Bertz CT molecular complexity index is 727. The van der Waals surface area contributed by atoms with Crippen molar-refractivity contribution in [3.63, 3.8) is 0 Å². The summed E-state index contributed by atoms with van der Waals surface area (Å²) in [5.41, 5.74) is 3.52. The van der Waals surface area contributed by atoms with Gasteiger partial charge in [-0.15, -0.1) is 0 Å². The van der Waals surface area contributed by atoms with E-state index in [1.165, 1.54) is 38.5 Å². The molecule has 0 bridgehead atoms. The Morgan fingerprint density at radius 3 is 2.18 bits per heavy atom. The van der Waals surface area contributed by atoms with Gasteiger partial charge in [-0.2, -0.15) is 0 Å². The largest absolute Gasteiger partial charge is 1.00 e. The zero-order chi connectivity index (χ0) is 18.3. The maximum Gasteiger partial charge on any atom is -1.00 e. The van der Waals surface area contributed by atoms with Gasteiger partial charge in [0, 0.05) is 0 Å². The van der Waals surface area contributed by atoms with Gasteiger partial charge in [0.05, 0.1) is 0 Å². The molecule has 5 atom stereocenters. The van der Waals surface area contributed by atoms with Gasteiger partial charge in [0.1, 0.15) is 0 Å². The van der Waals surface area contributed by atoms with Gasteiger partial charge in [-0.1, -0.05) is 0 Å². The minimum absolute atomic E-state index is 0. The van der Waals surface area contributed by atoms with Gasteiger partial charge in [-0.3, -0.25) is 0 Å². The number of fused-ring (bicyclic) bond motifs is 3. The summed E-state index contributed by atoms with van der Waals surface area (Å²) in [6.45, 7) is 10.1. The van der Waals surface area contributed by atoms with Gasteiger partial charge in [0.15, 0.2) is 0 Å². The fourth-order valence-electron chi connectivity index (χ4n) is 6.60. The molecule has 0 heterocycles. The Balaban J connectivity index is 0.00000140. The molecule has 0 saturated heterocycles. The molecule has 0 aromatic rings. The summed E-state index contributed by atoms with van der Waals surface area (Å²) >= 11 is -1.24. The van der Waals surface area contributed by atoms with Crippen molar-refractivity contribution in [3.05, 3.63) is 45.4 Å². The zero-order valence-corrected chi connectivity index (χ0v) is 22.1. The number of hydrogen-bond acceptors (Lipinski definition) is 0. The minimum atomic E-state index is -1.24. The van der Waals surface area contributed by atoms with Crippen molar-refractivity contribution in [1.29, 1.82) is 0 Å². The van der Waals surface area contributed by atoms with Crippen LogP contribution >= 0.6 is 0 Å². The third-order valence-corrected chi connectivity index (χ3v) is 20.5. The monoisotopic (exact) mass is 470 g/mol. The van der Waals surface area contributed by atoms with Crippen molar-refractivity contribution in [2.24, 2.45) is 23.7 Å². The third kappa shape index (κ3) is 4.40. The van der Waals surface area contributed by atoms with Gasteiger partial charge in [0.25, 0.3) is 0 Å². The normalized spacial score (nSPS) is 32.5. The van der Waals surface area contributed by atoms with E-state index in [9.17, 15) is 0 Å². The Morgan fingerprint density at radius 1 is 0.929 bits per heavy atom. The summed E-state index contributed by atoms with van der Waals surface area (Å²) in [6.07, 6.45) is 22.4. The molecule has 0 spiro atoms. The van der Waals surface area contributed by atoms with Crippen LogP contribution in [0.15, 0.2) is 45.4 Å². The van der Waals surface area contributed by atoms with E-state index in [2.05, 4.69) is 57.3 Å². The van der Waals surface area contributed by atoms with Crippen molar-refractivity contribution in [3.8, 4) is 0 Å². The predicted octanol–water partition coefficient (Wildman–Crippen LogP) is 1.23. The first kappa shape index (κ1) is 24.7. The van der Waals surface area contributed by atoms with Crippen LogP contribution in [0.4, 0.5) is 0 Å². The second kappa shape index (κ2) is 10.7. The summed E-state index contributed by atoms with van der Waals surface area (Å²) in [5, 5.41) is 0. The molecule has 5 unspecified atom stereocenters. The molecule has 0 amide bonds. The first-order chi connectivity index (χ1) is 12.7. The van der Waals surface area contributed by atoms with E-state index in [0.717, 1.165) is 27.9 Å². The fourth-order valence-corrected chi connectivity index (χ4v) is 21.2. The van der Waals surface area contributed by atoms with Crippen molar-refractivity contribution in [2.75, 3.05) is 0 Å². The van der Waals surface area contributed by atoms with E-state index in [1.807, 2.05) is 3.88 Å². The maximum atomic E-state index is 2.68. The molecule has 4 aliphatic rings. The molecule has 4 rings (SSSR count). The topological polar surface area (TPSA) is 0 Å². The first-order valence-corrected chi connectivity index (χ1v) is 17.6. The fraction of sp³-hybridized carbons (Fsp3) is 0.667. The number of allylic oxidation sites excluding steroid dienone is 8. The Kier molecular flexibility index (Phi) is 9.43. The van der Waals surface area contributed by atoms with Crippen LogP contribution in [0.5, 0.6) is 0 Å². The number of halogens is 2. The van der Waals surface area contributed by atoms with Crippen molar-refractivity contribution < 1.29 is 41.4 Å². The van der Waals surface area contributed by atoms with Crippen LogP contribution < -0.4 is 24.8 Å². The summed E-state index contributed by atoms with van der Waals surface area (Å²) in [6, 6.07) is 0. The van der Waals surface area contributed by atoms with E-state index < -0.39 is 16.6 Å². The molecule has 154 valence electrons. The smallest absolute Gasteiger partial charge is 1.00 e. The van der Waals surface area contributed by atoms with Gasteiger partial charge < -0.3 is 24.8 Å². The molecule has 0 radical (unpaired) electrons. The SMILES string of the molecule is CCC1=CC(CC)=[C]([Ti+2]([CH]2C3C=CC=CC3C3CCCCC32)=[Si](C)C)C1.[Cl-].[Cl-]. The number of rotatable bonds is 4. The molecule has 2 saturated carbocycles. The molecule has 0 aromatic carbocycles. The van der Waals surface area contributed by atoms with Crippen LogP contribution in [-0.4, -0.2) is 6.19 Å². The second-order valence-electron chi connectivity index (χ2n) is 9.17. The minimum Gasteiger partial charge on any atom is -1.00 e. The van der Waals surface area contributed by atoms with Crippen LogP contribution in [0.2, 0.25) is 17.3 Å². The van der Waals surface area contributed by atoms with Crippen LogP contribution in [0.25, 0.3) is 0 Å². The van der Waals surface area contributed by atoms with E-state index in [1.54, 1.807) is 17.6 Å². The molecule has 4 aliphatic carbocycles. The summed E-state index contributed by atoms with van der Waals surface area (Å²) in [4.78, 5) is 0. The molecule has 0 nitrogen and oxygen atoms in total. The molecule has 28 heavy (non-hydrogen) atoms. The predicted molar refractivity (Wildman–Crippen MR) is 112 cm³/mol. The maximum absolute atomic E-state index is 2.68. The van der Waals surface area contributed by atoms with Crippen molar-refractivity contribution in [2.45, 2.75) is 76.1 Å². The average molecular weight is 471 g/mol. The van der Waals surface area contributed by atoms with E-state index in [-0.39, 0.29) is 31.0 Å². The summed E-state index contributed by atoms with van der Waals surface area (Å²) < 4.78 is 3.12. The van der Waals surface area contributed by atoms with Crippen LogP contribution in [0.1, 0.15) is 58.8 Å². The Hall–Kier alpha value is 0.471. The molecular weight excluding hydrogens is 435 g/mol. The van der Waals surface area contributed by atoms with Crippen LogP contribution in [0.3, 0.4) is 0 Å². The van der Waals surface area contributed by atoms with Gasteiger partial charge in [-0.25, -0.2) is 0 Å². The summed E-state index contributed by atoms with van der Waals surface area (Å²) in [7, 11) is 0.